The number of aliphatic carboxylic acids is 1. The van der Waals surface area contributed by atoms with Gasteiger partial charge in [-0.15, -0.1) is 0 Å². The van der Waals surface area contributed by atoms with Crippen LogP contribution in [-0.4, -0.2) is 132 Å². The van der Waals surface area contributed by atoms with E-state index in [1.165, 1.54) is 19.2 Å². The van der Waals surface area contributed by atoms with E-state index in [4.69, 9.17) is 28.1 Å². The van der Waals surface area contributed by atoms with Crippen molar-refractivity contribution in [2.75, 3.05) is 13.7 Å². The fourth-order valence-corrected chi connectivity index (χ4v) is 5.01. The number of ether oxygens (including phenoxy) is 5. The first-order valence-corrected chi connectivity index (χ1v) is 13.5. The molecule has 0 radical (unpaired) electrons. The number of phenolic OH excluding ortho intramolecular Hbond substituents is 1. The monoisotopic (exact) mass is 654 g/mol. The molecule has 3 heterocycles. The second kappa shape index (κ2) is 12.9. The molecule has 10 N–H and O–H groups in total. The standard InChI is InChI=1S/C28H30O18/c1-41-11-3-2-8(4-10(11)30)24-20(35)17(32)15-12(43-24)5-9(42-27-23(38)19(34)21(36)25(46-27)26(39)40)6-13(15)44-28-22(37)18(33)16(31)14(7-29)45-28/h2-6,14,16,18-19,21-23,25,27-31,33-38H,7H2,1H3,(H,39,40). The normalized spacial score (nSPS) is 31.4. The zero-order chi connectivity index (χ0) is 33.6. The molecule has 2 aromatic carbocycles. The van der Waals surface area contributed by atoms with Crippen molar-refractivity contribution in [2.45, 2.75) is 61.4 Å². The molecule has 5 rings (SSSR count). The first-order valence-electron chi connectivity index (χ1n) is 13.5. The second-order valence-corrected chi connectivity index (χ2v) is 10.5. The van der Waals surface area contributed by atoms with Crippen LogP contribution in [0.1, 0.15) is 0 Å². The smallest absolute Gasteiger partial charge is 0.335 e. The molecular weight excluding hydrogens is 624 g/mol. The lowest BCUT2D eigenvalue weighted by atomic mass is 9.99. The average molecular weight is 655 g/mol. The van der Waals surface area contributed by atoms with Gasteiger partial charge in [0.1, 0.15) is 65.2 Å². The Labute approximate surface area is 257 Å². The zero-order valence-electron chi connectivity index (χ0n) is 23.6. The molecule has 0 amide bonds. The van der Waals surface area contributed by atoms with Gasteiger partial charge in [-0.3, -0.25) is 4.79 Å². The molecule has 0 spiro atoms. The van der Waals surface area contributed by atoms with Crippen LogP contribution >= 0.6 is 0 Å². The summed E-state index contributed by atoms with van der Waals surface area (Å²) in [6, 6.07) is 5.77. The molecule has 18 nitrogen and oxygen atoms in total. The summed E-state index contributed by atoms with van der Waals surface area (Å²) in [5.74, 6) is -4.35. The van der Waals surface area contributed by atoms with E-state index in [1.54, 1.807) is 0 Å². The summed E-state index contributed by atoms with van der Waals surface area (Å²) in [5, 5.41) is 101. The van der Waals surface area contributed by atoms with E-state index in [1.807, 2.05) is 0 Å². The number of aliphatic hydroxyl groups is 7. The first kappa shape index (κ1) is 33.1. The summed E-state index contributed by atoms with van der Waals surface area (Å²) in [6.45, 7) is -0.814. The van der Waals surface area contributed by atoms with Gasteiger partial charge in [-0.1, -0.05) is 0 Å². The number of methoxy groups -OCH3 is 1. The molecule has 2 aliphatic heterocycles. The third-order valence-electron chi connectivity index (χ3n) is 7.51. The molecule has 2 saturated heterocycles. The molecular formula is C28H30O18. The maximum atomic E-state index is 13.5. The van der Waals surface area contributed by atoms with Gasteiger partial charge in [-0.25, -0.2) is 4.79 Å². The lowest BCUT2D eigenvalue weighted by molar-refractivity contribution is -0.277. The Hall–Kier alpha value is -4.24. The molecule has 250 valence electrons. The second-order valence-electron chi connectivity index (χ2n) is 10.5. The van der Waals surface area contributed by atoms with Crippen molar-refractivity contribution in [3.63, 3.8) is 0 Å². The summed E-state index contributed by atoms with van der Waals surface area (Å²) in [4.78, 5) is 25.1. The van der Waals surface area contributed by atoms with Gasteiger partial charge in [0.15, 0.2) is 23.4 Å². The molecule has 18 heteroatoms. The number of hydrogen-bond donors (Lipinski definition) is 10. The van der Waals surface area contributed by atoms with Crippen molar-refractivity contribution in [2.24, 2.45) is 0 Å². The fraction of sp³-hybridized carbons (Fsp3) is 0.429. The van der Waals surface area contributed by atoms with Crippen LogP contribution in [-0.2, 0) is 14.3 Å². The van der Waals surface area contributed by atoms with Gasteiger partial charge < -0.3 is 79.2 Å². The number of carboxylic acid groups (broad SMARTS) is 1. The Balaban J connectivity index is 1.63. The van der Waals surface area contributed by atoms with E-state index in [2.05, 4.69) is 0 Å². The minimum atomic E-state index is -2.03. The number of rotatable bonds is 8. The molecule has 2 aliphatic rings. The van der Waals surface area contributed by atoms with Gasteiger partial charge in [0.05, 0.1) is 13.7 Å². The number of carbonyl (C=O) groups is 1. The summed E-state index contributed by atoms with van der Waals surface area (Å²) in [5.41, 5.74) is -1.51. The van der Waals surface area contributed by atoms with Crippen LogP contribution in [0.15, 0.2) is 39.5 Å². The van der Waals surface area contributed by atoms with Crippen LogP contribution in [0.4, 0.5) is 0 Å². The molecule has 2 fully saturated rings. The number of aromatic hydroxyl groups is 2. The summed E-state index contributed by atoms with van der Waals surface area (Å²) < 4.78 is 32.5. The zero-order valence-corrected chi connectivity index (χ0v) is 23.6. The van der Waals surface area contributed by atoms with Crippen LogP contribution in [0.25, 0.3) is 22.3 Å². The Morgan fingerprint density at radius 1 is 0.826 bits per heavy atom. The maximum absolute atomic E-state index is 13.5. The van der Waals surface area contributed by atoms with Gasteiger partial charge >= 0.3 is 5.97 Å². The number of hydrogen-bond acceptors (Lipinski definition) is 17. The molecule has 1 aromatic heterocycles. The molecule has 0 saturated carbocycles. The van der Waals surface area contributed by atoms with E-state index in [0.717, 1.165) is 18.2 Å². The third kappa shape index (κ3) is 5.88. The average Bonchev–Trinajstić information content (AvgIpc) is 3.02. The third-order valence-corrected chi connectivity index (χ3v) is 7.51. The van der Waals surface area contributed by atoms with Crippen molar-refractivity contribution in [1.82, 2.24) is 0 Å². The van der Waals surface area contributed by atoms with Gasteiger partial charge in [0.25, 0.3) is 0 Å². The van der Waals surface area contributed by atoms with Crippen molar-refractivity contribution in [3.05, 3.63) is 40.6 Å². The molecule has 0 bridgehead atoms. The predicted molar refractivity (Wildman–Crippen MR) is 147 cm³/mol. The number of aliphatic hydroxyl groups excluding tert-OH is 7. The van der Waals surface area contributed by atoms with Gasteiger partial charge in [-0.05, 0) is 18.2 Å². The number of phenols is 1. The predicted octanol–water partition coefficient (Wildman–Crippen LogP) is -2.67. The summed E-state index contributed by atoms with van der Waals surface area (Å²) in [7, 11) is 1.30. The quantitative estimate of drug-likeness (QED) is 0.118. The van der Waals surface area contributed by atoms with E-state index in [0.29, 0.717) is 0 Å². The maximum Gasteiger partial charge on any atom is 0.335 e. The van der Waals surface area contributed by atoms with Crippen LogP contribution in [0.5, 0.6) is 28.7 Å². The molecule has 10 unspecified atom stereocenters. The molecule has 3 aromatic rings. The number of fused-ring (bicyclic) bond motifs is 1. The van der Waals surface area contributed by atoms with Crippen molar-refractivity contribution >= 4 is 16.9 Å². The highest BCUT2D eigenvalue weighted by atomic mass is 16.7. The molecule has 10 atom stereocenters. The lowest BCUT2D eigenvalue weighted by Gasteiger charge is -2.39. The van der Waals surface area contributed by atoms with E-state index in [-0.39, 0.29) is 22.8 Å². The van der Waals surface area contributed by atoms with Crippen LogP contribution in [0.3, 0.4) is 0 Å². The van der Waals surface area contributed by atoms with E-state index >= 15 is 0 Å². The molecule has 46 heavy (non-hydrogen) atoms. The van der Waals surface area contributed by atoms with Gasteiger partial charge in [0, 0.05) is 17.7 Å². The summed E-state index contributed by atoms with van der Waals surface area (Å²) >= 11 is 0. The highest BCUT2D eigenvalue weighted by Crippen LogP contribution is 2.40. The largest absolute Gasteiger partial charge is 0.504 e. The van der Waals surface area contributed by atoms with Crippen LogP contribution < -0.4 is 19.6 Å². The highest BCUT2D eigenvalue weighted by molar-refractivity contribution is 5.88. The van der Waals surface area contributed by atoms with Crippen molar-refractivity contribution in [1.29, 1.82) is 0 Å². The van der Waals surface area contributed by atoms with Crippen LogP contribution in [0, 0.1) is 0 Å². The minimum Gasteiger partial charge on any atom is -0.504 e. The Kier molecular flexibility index (Phi) is 9.27. The Morgan fingerprint density at radius 3 is 2.09 bits per heavy atom. The minimum absolute atomic E-state index is 0.00460. The lowest BCUT2D eigenvalue weighted by Crippen LogP contribution is -2.61. The Morgan fingerprint density at radius 2 is 1.48 bits per heavy atom. The van der Waals surface area contributed by atoms with Gasteiger partial charge in [-0.2, -0.15) is 0 Å². The first-order chi connectivity index (χ1) is 21.8. The van der Waals surface area contributed by atoms with E-state index in [9.17, 15) is 60.7 Å². The topological polar surface area (TPSA) is 296 Å². The summed E-state index contributed by atoms with van der Waals surface area (Å²) in [6.07, 6.45) is -18.9. The van der Waals surface area contributed by atoms with Crippen molar-refractivity contribution in [3.8, 4) is 40.1 Å². The SMILES string of the molecule is COc1ccc(-c2oc3cc(OC4OC(C(=O)O)C(O)C(O)C4O)cc(OC4OC(CO)C(O)C(O)C4O)c3c(=O)c2O)cc1O. The number of carboxylic acids is 1. The van der Waals surface area contributed by atoms with Gasteiger partial charge in [0.2, 0.25) is 23.8 Å². The van der Waals surface area contributed by atoms with Crippen molar-refractivity contribution < 1.29 is 84.0 Å². The Bertz CT molecular complexity index is 1650. The fourth-order valence-electron chi connectivity index (χ4n) is 5.01. The van der Waals surface area contributed by atoms with E-state index < -0.39 is 108 Å². The number of benzene rings is 2. The molecule has 0 aliphatic carbocycles. The highest BCUT2D eigenvalue weighted by Gasteiger charge is 2.48. The van der Waals surface area contributed by atoms with Crippen LogP contribution in [0.2, 0.25) is 0 Å².